The lowest BCUT2D eigenvalue weighted by molar-refractivity contribution is -0.121. The van der Waals surface area contributed by atoms with Crippen molar-refractivity contribution in [1.29, 1.82) is 0 Å². The summed E-state index contributed by atoms with van der Waals surface area (Å²) in [4.78, 5) is 25.7. The van der Waals surface area contributed by atoms with E-state index < -0.39 is 0 Å². The molecular weight excluding hydrogens is 362 g/mol. The molecule has 7 nitrogen and oxygen atoms in total. The lowest BCUT2D eigenvalue weighted by Gasteiger charge is -2.34. The van der Waals surface area contributed by atoms with Crippen LogP contribution in [0.5, 0.6) is 0 Å². The zero-order valence-electron chi connectivity index (χ0n) is 15.3. The summed E-state index contributed by atoms with van der Waals surface area (Å²) < 4.78 is 5.42. The number of anilines is 2. The zero-order chi connectivity index (χ0) is 18.5. The van der Waals surface area contributed by atoms with Gasteiger partial charge in [-0.1, -0.05) is 0 Å². The average molecular weight is 388 g/mol. The van der Waals surface area contributed by atoms with Crippen molar-refractivity contribution < 1.29 is 9.53 Å². The summed E-state index contributed by atoms with van der Waals surface area (Å²) >= 11 is 1.62. The fraction of sp³-hybridized carbons (Fsp3) is 0.526. The molecule has 1 atom stereocenters. The van der Waals surface area contributed by atoms with Gasteiger partial charge in [-0.2, -0.15) is 11.3 Å². The molecule has 2 fully saturated rings. The molecule has 0 bridgehead atoms. The van der Waals surface area contributed by atoms with E-state index in [2.05, 4.69) is 31.2 Å². The monoisotopic (exact) mass is 387 g/mol. The molecular formula is C19H25N5O2S. The minimum atomic E-state index is 0.0944. The Morgan fingerprint density at radius 1 is 1.22 bits per heavy atom. The summed E-state index contributed by atoms with van der Waals surface area (Å²) in [7, 11) is 0. The van der Waals surface area contributed by atoms with Crippen molar-refractivity contribution in [3.05, 3.63) is 34.8 Å². The maximum atomic E-state index is 12.3. The van der Waals surface area contributed by atoms with Crippen LogP contribution >= 0.6 is 11.3 Å². The lowest BCUT2D eigenvalue weighted by Crippen LogP contribution is -2.48. The molecule has 0 saturated carbocycles. The maximum Gasteiger partial charge on any atom is 0.224 e. The highest BCUT2D eigenvalue weighted by atomic mass is 32.1. The van der Waals surface area contributed by atoms with E-state index in [1.165, 1.54) is 0 Å². The van der Waals surface area contributed by atoms with Gasteiger partial charge in [-0.05, 0) is 35.2 Å². The lowest BCUT2D eigenvalue weighted by atomic mass is 10.1. The van der Waals surface area contributed by atoms with E-state index in [0.29, 0.717) is 6.42 Å². The number of nitrogens with one attached hydrogen (secondary N) is 1. The molecule has 1 N–H and O–H groups in total. The zero-order valence-corrected chi connectivity index (χ0v) is 16.2. The number of nitrogens with zero attached hydrogens (tertiary/aromatic N) is 4. The highest BCUT2D eigenvalue weighted by molar-refractivity contribution is 7.08. The van der Waals surface area contributed by atoms with Crippen LogP contribution in [-0.2, 0) is 16.0 Å². The first kappa shape index (κ1) is 18.2. The second-order valence-electron chi connectivity index (χ2n) is 6.99. The highest BCUT2D eigenvalue weighted by Gasteiger charge is 2.23. The first-order valence-corrected chi connectivity index (χ1v) is 10.4. The van der Waals surface area contributed by atoms with E-state index in [1.807, 2.05) is 16.8 Å². The number of carbonyl (C=O) groups is 1. The summed E-state index contributed by atoms with van der Waals surface area (Å²) in [5.74, 6) is 1.98. The molecule has 0 aliphatic carbocycles. The van der Waals surface area contributed by atoms with E-state index in [4.69, 9.17) is 4.74 Å². The van der Waals surface area contributed by atoms with Crippen molar-refractivity contribution in [1.82, 2.24) is 15.3 Å². The normalized spacial score (nSPS) is 20.5. The predicted molar refractivity (Wildman–Crippen MR) is 106 cm³/mol. The molecule has 0 aromatic carbocycles. The molecule has 2 aliphatic heterocycles. The fourth-order valence-corrected chi connectivity index (χ4v) is 4.30. The van der Waals surface area contributed by atoms with Crippen molar-refractivity contribution in [2.45, 2.75) is 25.3 Å². The van der Waals surface area contributed by atoms with Crippen LogP contribution in [0.2, 0.25) is 0 Å². The number of piperidine rings is 1. The molecule has 0 spiro atoms. The van der Waals surface area contributed by atoms with E-state index >= 15 is 0 Å². The number of ether oxygens (including phenoxy) is 1. The van der Waals surface area contributed by atoms with E-state index in [1.54, 1.807) is 17.7 Å². The summed E-state index contributed by atoms with van der Waals surface area (Å²) in [6.07, 6.45) is 4.14. The molecule has 4 rings (SSSR count). The Hall–Kier alpha value is -2.19. The van der Waals surface area contributed by atoms with Crippen LogP contribution in [0.4, 0.5) is 11.6 Å². The van der Waals surface area contributed by atoms with Gasteiger partial charge < -0.3 is 19.9 Å². The van der Waals surface area contributed by atoms with Gasteiger partial charge in [0.15, 0.2) is 0 Å². The largest absolute Gasteiger partial charge is 0.378 e. The predicted octanol–water partition coefficient (Wildman–Crippen LogP) is 1.70. The summed E-state index contributed by atoms with van der Waals surface area (Å²) in [6, 6.07) is 4.22. The van der Waals surface area contributed by atoms with Crippen molar-refractivity contribution in [3.63, 3.8) is 0 Å². The van der Waals surface area contributed by atoms with Crippen molar-refractivity contribution in [2.75, 3.05) is 49.2 Å². The van der Waals surface area contributed by atoms with E-state index in [-0.39, 0.29) is 11.9 Å². The van der Waals surface area contributed by atoms with Crippen LogP contribution in [0.3, 0.4) is 0 Å². The Kier molecular flexibility index (Phi) is 5.84. The van der Waals surface area contributed by atoms with E-state index in [0.717, 1.165) is 69.4 Å². The molecule has 1 amide bonds. The second-order valence-corrected chi connectivity index (χ2v) is 7.77. The molecule has 0 radical (unpaired) electrons. The van der Waals surface area contributed by atoms with Crippen LogP contribution < -0.4 is 15.1 Å². The molecule has 2 aromatic heterocycles. The quantitative estimate of drug-likeness (QED) is 0.842. The minimum absolute atomic E-state index is 0.0944. The number of carbonyl (C=O) groups excluding carboxylic acids is 1. The Balaban J connectivity index is 1.37. The molecule has 4 heterocycles. The molecule has 2 saturated heterocycles. The number of morpholine rings is 1. The van der Waals surface area contributed by atoms with E-state index in [9.17, 15) is 4.79 Å². The first-order chi connectivity index (χ1) is 13.3. The number of rotatable bonds is 5. The van der Waals surface area contributed by atoms with Gasteiger partial charge >= 0.3 is 0 Å². The molecule has 8 heteroatoms. The standard InChI is InChI=1S/C19H25N5O2S/c25-19(10-15-3-9-27-13-15)22-16-2-1-4-24(12-16)18-11-17(20-14-21-18)23-5-7-26-8-6-23/h3,9,11,13-14,16H,1-2,4-8,10,12H2,(H,22,25). The van der Waals surface area contributed by atoms with Gasteiger partial charge in [-0.25, -0.2) is 9.97 Å². The SMILES string of the molecule is O=C(Cc1ccsc1)NC1CCCN(c2cc(N3CCOCC3)ncn2)C1. The van der Waals surface area contributed by atoms with Crippen LogP contribution in [0, 0.1) is 0 Å². The molecule has 27 heavy (non-hydrogen) atoms. The van der Waals surface area contributed by atoms with Crippen LogP contribution in [0.1, 0.15) is 18.4 Å². The Morgan fingerprint density at radius 2 is 2.04 bits per heavy atom. The van der Waals surface area contributed by atoms with Gasteiger partial charge in [0.25, 0.3) is 0 Å². The van der Waals surface area contributed by atoms with Crippen molar-refractivity contribution in [3.8, 4) is 0 Å². The van der Waals surface area contributed by atoms with Crippen LogP contribution in [0.25, 0.3) is 0 Å². The van der Waals surface area contributed by atoms with Gasteiger partial charge in [-0.15, -0.1) is 0 Å². The first-order valence-electron chi connectivity index (χ1n) is 9.48. The minimum Gasteiger partial charge on any atom is -0.378 e. The topological polar surface area (TPSA) is 70.6 Å². The number of aromatic nitrogens is 2. The maximum absolute atomic E-state index is 12.3. The third-order valence-electron chi connectivity index (χ3n) is 5.03. The van der Waals surface area contributed by atoms with Crippen LogP contribution in [0.15, 0.2) is 29.2 Å². The molecule has 2 aliphatic rings. The Bertz CT molecular complexity index is 748. The van der Waals surface area contributed by atoms with Crippen molar-refractivity contribution >= 4 is 28.9 Å². The summed E-state index contributed by atoms with van der Waals surface area (Å²) in [5.41, 5.74) is 1.08. The Morgan fingerprint density at radius 3 is 2.81 bits per heavy atom. The summed E-state index contributed by atoms with van der Waals surface area (Å²) in [5, 5.41) is 7.22. The number of thiophene rings is 1. The van der Waals surface area contributed by atoms with Crippen LogP contribution in [-0.4, -0.2) is 61.3 Å². The summed E-state index contributed by atoms with van der Waals surface area (Å²) in [6.45, 7) is 4.93. The number of amides is 1. The van der Waals surface area contributed by atoms with Gasteiger partial charge in [0.05, 0.1) is 19.6 Å². The third-order valence-corrected chi connectivity index (χ3v) is 5.76. The second kappa shape index (κ2) is 8.67. The van der Waals surface area contributed by atoms with Crippen molar-refractivity contribution in [2.24, 2.45) is 0 Å². The smallest absolute Gasteiger partial charge is 0.224 e. The molecule has 2 aromatic rings. The fourth-order valence-electron chi connectivity index (χ4n) is 3.64. The van der Waals surface area contributed by atoms with Gasteiger partial charge in [0.2, 0.25) is 5.91 Å². The van der Waals surface area contributed by atoms with Gasteiger partial charge in [-0.3, -0.25) is 4.79 Å². The average Bonchev–Trinajstić information content (AvgIpc) is 3.22. The highest BCUT2D eigenvalue weighted by Crippen LogP contribution is 2.22. The van der Waals surface area contributed by atoms with Gasteiger partial charge in [0.1, 0.15) is 18.0 Å². The third kappa shape index (κ3) is 4.75. The molecule has 1 unspecified atom stereocenters. The molecule has 144 valence electrons. The number of hydrogen-bond acceptors (Lipinski definition) is 7. The van der Waals surface area contributed by atoms with Gasteiger partial charge in [0, 0.05) is 38.3 Å². The number of hydrogen-bond donors (Lipinski definition) is 1. The Labute approximate surface area is 163 Å².